The molecule has 4 aromatic rings. The van der Waals surface area contributed by atoms with Crippen molar-refractivity contribution in [3.63, 3.8) is 0 Å². The Bertz CT molecular complexity index is 1690. The molecule has 2 aromatic heterocycles. The van der Waals surface area contributed by atoms with E-state index >= 15 is 0 Å². The topological polar surface area (TPSA) is 162 Å². The second-order valence-electron chi connectivity index (χ2n) is 13.6. The molecule has 1 amide bonds. The first-order valence-electron chi connectivity index (χ1n) is 15.3. The molecule has 5 N–H and O–H groups in total. The predicted molar refractivity (Wildman–Crippen MR) is 182 cm³/mol. The quantitative estimate of drug-likeness (QED) is 0.121. The number of aliphatic carboxylic acids is 2. The molecule has 1 unspecified atom stereocenters. The molecule has 0 aliphatic heterocycles. The summed E-state index contributed by atoms with van der Waals surface area (Å²) in [5.41, 5.74) is 4.57. The number of aromatic nitrogens is 2. The molecule has 0 aliphatic rings. The lowest BCUT2D eigenvalue weighted by Crippen LogP contribution is -2.55. The van der Waals surface area contributed by atoms with Gasteiger partial charge in [-0.1, -0.05) is 90.1 Å². The number of carboxylic acids is 2. The third kappa shape index (κ3) is 9.54. The fraction of sp³-hybridized carbons (Fsp3) is 0.361. The molecule has 47 heavy (non-hydrogen) atoms. The third-order valence-electron chi connectivity index (χ3n) is 7.72. The van der Waals surface area contributed by atoms with Crippen molar-refractivity contribution in [3.05, 3.63) is 93.9 Å². The summed E-state index contributed by atoms with van der Waals surface area (Å²) >= 11 is 1.34. The van der Waals surface area contributed by atoms with Gasteiger partial charge in [0.05, 0.1) is 17.3 Å². The van der Waals surface area contributed by atoms with Gasteiger partial charge in [0.2, 0.25) is 0 Å². The molecule has 10 nitrogen and oxygen atoms in total. The van der Waals surface area contributed by atoms with Gasteiger partial charge in [-0.2, -0.15) is 0 Å². The number of carbonyl (C=O) groups is 3. The van der Waals surface area contributed by atoms with E-state index in [1.54, 1.807) is 18.5 Å². The smallest absolute Gasteiger partial charge is 0.321 e. The Kier molecular flexibility index (Phi) is 11.0. The molecule has 11 heteroatoms. The van der Waals surface area contributed by atoms with Crippen LogP contribution in [0.5, 0.6) is 0 Å². The number of nitrogens with one attached hydrogen (secondary N) is 2. The number of amides is 1. The molecule has 0 bridgehead atoms. The molecule has 248 valence electrons. The summed E-state index contributed by atoms with van der Waals surface area (Å²) in [4.78, 5) is 46.7. The van der Waals surface area contributed by atoms with E-state index in [9.17, 15) is 24.6 Å². The van der Waals surface area contributed by atoms with Crippen LogP contribution in [0.15, 0.2) is 73.1 Å². The van der Waals surface area contributed by atoms with Gasteiger partial charge in [0.15, 0.2) is 5.82 Å². The lowest BCUT2D eigenvalue weighted by atomic mass is 9.86. The Morgan fingerprint density at radius 3 is 1.89 bits per heavy atom. The maximum Gasteiger partial charge on any atom is 0.321 e. The summed E-state index contributed by atoms with van der Waals surface area (Å²) < 4.78 is 0. The Morgan fingerprint density at radius 1 is 0.787 bits per heavy atom. The Hall–Kier alpha value is -4.45. The summed E-state index contributed by atoms with van der Waals surface area (Å²) in [6.45, 7) is 12.6. The van der Waals surface area contributed by atoms with Crippen LogP contribution in [0.2, 0.25) is 0 Å². The van der Waals surface area contributed by atoms with E-state index < -0.39 is 42.6 Å². The summed E-state index contributed by atoms with van der Waals surface area (Å²) in [5.74, 6) is -2.67. The first kappa shape index (κ1) is 35.4. The number of benzene rings is 2. The molecular formula is C36H42N4O6S. The average molecular weight is 659 g/mol. The molecule has 0 fully saturated rings. The highest BCUT2D eigenvalue weighted by atomic mass is 32.1. The summed E-state index contributed by atoms with van der Waals surface area (Å²) in [7, 11) is 0. The van der Waals surface area contributed by atoms with Gasteiger partial charge in [0.1, 0.15) is 12.3 Å². The van der Waals surface area contributed by atoms with Crippen molar-refractivity contribution < 1.29 is 29.7 Å². The zero-order valence-electron chi connectivity index (χ0n) is 27.4. The molecule has 0 aliphatic carbocycles. The fourth-order valence-electron chi connectivity index (χ4n) is 4.89. The predicted octanol–water partition coefficient (Wildman–Crippen LogP) is 5.64. The number of carbonyl (C=O) groups excluding carboxylic acids is 1. The van der Waals surface area contributed by atoms with E-state index in [4.69, 9.17) is 5.11 Å². The summed E-state index contributed by atoms with van der Waals surface area (Å²) in [6, 6.07) is 16.7. The van der Waals surface area contributed by atoms with Gasteiger partial charge in [0, 0.05) is 28.4 Å². The minimum Gasteiger partial charge on any atom is -0.481 e. The van der Waals surface area contributed by atoms with Crippen molar-refractivity contribution in [2.75, 3.05) is 0 Å². The second-order valence-corrected chi connectivity index (χ2v) is 14.7. The maximum absolute atomic E-state index is 13.3. The van der Waals surface area contributed by atoms with Gasteiger partial charge in [-0.3, -0.25) is 19.7 Å². The number of thiophene rings is 1. The first-order chi connectivity index (χ1) is 22.0. The standard InChI is InChI=1S/C36H42N4O6S/c1-35(2,3)25-13-11-22(12-14-25)24-19-37-31(38-20-24)23-9-7-21(8-10-23)17-26(32(43)40-27(34(45)46)18-30(41)42)39-33(44)28-15-16-29(47-28)36(4,5)6/h7-16,19-20,26-27,32,40,43H,17-18H2,1-6H3,(H,39,44)(H,41,42)(H,45,46)/t26-,27+,32?/m0/s1. The highest BCUT2D eigenvalue weighted by molar-refractivity contribution is 7.14. The average Bonchev–Trinajstić information content (AvgIpc) is 3.52. The van der Waals surface area contributed by atoms with Crippen molar-refractivity contribution in [1.29, 1.82) is 0 Å². The molecule has 3 atom stereocenters. The van der Waals surface area contributed by atoms with Crippen LogP contribution < -0.4 is 10.6 Å². The van der Waals surface area contributed by atoms with Crippen molar-refractivity contribution in [3.8, 4) is 22.5 Å². The molecule has 0 saturated carbocycles. The first-order valence-corrected chi connectivity index (χ1v) is 16.1. The van der Waals surface area contributed by atoms with Crippen molar-refractivity contribution in [2.24, 2.45) is 0 Å². The molecule has 2 heterocycles. The number of aliphatic hydroxyl groups is 1. The highest BCUT2D eigenvalue weighted by Crippen LogP contribution is 2.30. The van der Waals surface area contributed by atoms with Crippen LogP contribution in [-0.4, -0.2) is 61.4 Å². The van der Waals surface area contributed by atoms with E-state index in [0.717, 1.165) is 27.1 Å². The van der Waals surface area contributed by atoms with Gasteiger partial charge < -0.3 is 20.6 Å². The Morgan fingerprint density at radius 2 is 1.38 bits per heavy atom. The lowest BCUT2D eigenvalue weighted by molar-refractivity contribution is -0.147. The van der Waals surface area contributed by atoms with Gasteiger partial charge in [0.25, 0.3) is 5.91 Å². The van der Waals surface area contributed by atoms with Gasteiger partial charge in [-0.25, -0.2) is 9.97 Å². The van der Waals surface area contributed by atoms with E-state index in [1.165, 1.54) is 16.9 Å². The van der Waals surface area contributed by atoms with E-state index in [1.807, 2.05) is 51.1 Å². The monoisotopic (exact) mass is 658 g/mol. The zero-order valence-corrected chi connectivity index (χ0v) is 28.3. The van der Waals surface area contributed by atoms with Crippen LogP contribution >= 0.6 is 11.3 Å². The molecule has 2 aromatic carbocycles. The van der Waals surface area contributed by atoms with Crippen molar-refractivity contribution >= 4 is 29.2 Å². The van der Waals surface area contributed by atoms with Crippen LogP contribution in [0, 0.1) is 0 Å². The highest BCUT2D eigenvalue weighted by Gasteiger charge is 2.30. The van der Waals surface area contributed by atoms with Crippen LogP contribution in [0.25, 0.3) is 22.5 Å². The Balaban J connectivity index is 1.51. The minimum atomic E-state index is -1.56. The maximum atomic E-state index is 13.3. The largest absolute Gasteiger partial charge is 0.481 e. The van der Waals surface area contributed by atoms with Crippen LogP contribution in [0.3, 0.4) is 0 Å². The van der Waals surface area contributed by atoms with E-state index in [2.05, 4.69) is 65.6 Å². The van der Waals surface area contributed by atoms with Crippen molar-refractivity contribution in [1.82, 2.24) is 20.6 Å². The number of carboxylic acid groups (broad SMARTS) is 2. The van der Waals surface area contributed by atoms with Gasteiger partial charge in [-0.05, 0) is 46.1 Å². The molecule has 0 radical (unpaired) electrons. The minimum absolute atomic E-state index is 0.0622. The fourth-order valence-corrected chi connectivity index (χ4v) is 5.86. The second kappa shape index (κ2) is 14.5. The van der Waals surface area contributed by atoms with E-state index in [0.29, 0.717) is 10.7 Å². The zero-order chi connectivity index (χ0) is 34.5. The number of rotatable bonds is 12. The summed E-state index contributed by atoms with van der Waals surface area (Å²) in [6.07, 6.45) is 1.38. The molecule has 0 saturated heterocycles. The van der Waals surface area contributed by atoms with Crippen LogP contribution in [-0.2, 0) is 26.8 Å². The number of aliphatic hydroxyl groups excluding tert-OH is 1. The lowest BCUT2D eigenvalue weighted by Gasteiger charge is -2.27. The van der Waals surface area contributed by atoms with Gasteiger partial charge >= 0.3 is 11.9 Å². The number of hydrogen-bond acceptors (Lipinski definition) is 8. The number of nitrogens with zero attached hydrogens (tertiary/aromatic N) is 2. The van der Waals surface area contributed by atoms with Gasteiger partial charge in [-0.15, -0.1) is 11.3 Å². The number of hydrogen-bond donors (Lipinski definition) is 5. The Labute approximate surface area is 278 Å². The molecular weight excluding hydrogens is 616 g/mol. The normalized spacial score (nSPS) is 13.9. The summed E-state index contributed by atoms with van der Waals surface area (Å²) in [5, 5.41) is 35.0. The van der Waals surface area contributed by atoms with Crippen LogP contribution in [0.1, 0.15) is 73.6 Å². The SMILES string of the molecule is CC(C)(C)c1ccc(-c2cnc(-c3ccc(C[C@H](NC(=O)c4ccc(C(C)(C)C)s4)C(O)N[C@H](CC(=O)O)C(=O)O)cc3)nc2)cc1. The molecule has 4 rings (SSSR count). The van der Waals surface area contributed by atoms with Crippen molar-refractivity contribution in [2.45, 2.75) is 83.5 Å². The molecule has 0 spiro atoms. The van der Waals surface area contributed by atoms with Crippen LogP contribution in [0.4, 0.5) is 0 Å². The van der Waals surface area contributed by atoms with E-state index in [-0.39, 0.29) is 17.3 Å². The third-order valence-corrected chi connectivity index (χ3v) is 9.23.